The minimum Gasteiger partial charge on any atom is -0.309 e. The Bertz CT molecular complexity index is 589. The maximum Gasteiger partial charge on any atom is 0.160 e. The number of hydrogen-bond acceptors (Lipinski definition) is 3. The van der Waals surface area contributed by atoms with Gasteiger partial charge in [-0.05, 0) is 39.1 Å². The molecule has 0 aliphatic rings. The molecule has 0 aliphatic carbocycles. The average molecular weight is 309 g/mol. The third-order valence-corrected chi connectivity index (χ3v) is 4.11. The van der Waals surface area contributed by atoms with Crippen molar-refractivity contribution < 1.29 is 0 Å². The van der Waals surface area contributed by atoms with Crippen molar-refractivity contribution in [3.8, 4) is 0 Å². The maximum atomic E-state index is 5.95. The summed E-state index contributed by atoms with van der Waals surface area (Å²) in [6.45, 7) is 11.8. The molecule has 0 aliphatic heterocycles. The van der Waals surface area contributed by atoms with Gasteiger partial charge in [-0.25, -0.2) is 9.97 Å². The lowest BCUT2D eigenvalue weighted by Crippen LogP contribution is -2.30. The molecule has 0 N–H and O–H groups in total. The van der Waals surface area contributed by atoms with Crippen molar-refractivity contribution in [1.29, 1.82) is 0 Å². The van der Waals surface area contributed by atoms with Crippen LogP contribution in [0.25, 0.3) is 11.2 Å². The summed E-state index contributed by atoms with van der Waals surface area (Å²) < 4.78 is 2.27. The molecule has 4 nitrogen and oxygen atoms in total. The Morgan fingerprint density at radius 3 is 2.57 bits per heavy atom. The first-order valence-electron chi connectivity index (χ1n) is 7.73. The standard InChI is InChI=1S/C16H25ClN4/c1-5-20(6-2)11-13(4)21-15(9-10-17)19-14-8-7-12(3)18-16(14)21/h7-8,13H,5-6,9-11H2,1-4H3. The molecular formula is C16H25ClN4. The molecule has 0 fully saturated rings. The summed E-state index contributed by atoms with van der Waals surface area (Å²) in [5.41, 5.74) is 2.97. The molecule has 0 radical (unpaired) electrons. The number of hydrogen-bond donors (Lipinski definition) is 0. The third kappa shape index (κ3) is 3.55. The van der Waals surface area contributed by atoms with E-state index in [0.29, 0.717) is 11.9 Å². The van der Waals surface area contributed by atoms with E-state index in [-0.39, 0.29) is 0 Å². The fraction of sp³-hybridized carbons (Fsp3) is 0.625. The number of pyridine rings is 1. The van der Waals surface area contributed by atoms with Gasteiger partial charge >= 0.3 is 0 Å². The number of aryl methyl sites for hydroxylation is 2. The van der Waals surface area contributed by atoms with Crippen LogP contribution in [0.15, 0.2) is 12.1 Å². The van der Waals surface area contributed by atoms with Crippen LogP contribution in [0.5, 0.6) is 0 Å². The Morgan fingerprint density at radius 2 is 1.95 bits per heavy atom. The molecule has 1 atom stereocenters. The Kier molecular flexibility index (Phi) is 5.59. The summed E-state index contributed by atoms with van der Waals surface area (Å²) in [5, 5.41) is 0. The zero-order chi connectivity index (χ0) is 15.4. The highest BCUT2D eigenvalue weighted by Gasteiger charge is 2.18. The predicted octanol–water partition coefficient (Wildman–Crippen LogP) is 3.42. The van der Waals surface area contributed by atoms with E-state index in [9.17, 15) is 0 Å². The van der Waals surface area contributed by atoms with Gasteiger partial charge in [0.2, 0.25) is 0 Å². The summed E-state index contributed by atoms with van der Waals surface area (Å²) >= 11 is 5.95. The number of aromatic nitrogens is 3. The maximum absolute atomic E-state index is 5.95. The highest BCUT2D eigenvalue weighted by atomic mass is 35.5. The second kappa shape index (κ2) is 7.23. The van der Waals surface area contributed by atoms with Crippen molar-refractivity contribution in [3.63, 3.8) is 0 Å². The van der Waals surface area contributed by atoms with Gasteiger partial charge in [-0.1, -0.05) is 13.8 Å². The van der Waals surface area contributed by atoms with E-state index in [0.717, 1.165) is 48.7 Å². The van der Waals surface area contributed by atoms with Gasteiger partial charge < -0.3 is 9.47 Å². The molecule has 2 aromatic rings. The molecular weight excluding hydrogens is 284 g/mol. The Labute approximate surface area is 132 Å². The Morgan fingerprint density at radius 1 is 1.24 bits per heavy atom. The molecule has 21 heavy (non-hydrogen) atoms. The lowest BCUT2D eigenvalue weighted by atomic mass is 10.2. The summed E-state index contributed by atoms with van der Waals surface area (Å²) in [5.74, 6) is 1.62. The van der Waals surface area contributed by atoms with E-state index in [4.69, 9.17) is 21.6 Å². The zero-order valence-electron chi connectivity index (χ0n) is 13.4. The van der Waals surface area contributed by atoms with Gasteiger partial charge in [0.15, 0.2) is 5.65 Å². The van der Waals surface area contributed by atoms with E-state index in [1.807, 2.05) is 13.0 Å². The van der Waals surface area contributed by atoms with E-state index in [1.54, 1.807) is 0 Å². The van der Waals surface area contributed by atoms with Gasteiger partial charge in [0.05, 0.1) is 0 Å². The van der Waals surface area contributed by atoms with E-state index in [1.165, 1.54) is 0 Å². The quantitative estimate of drug-likeness (QED) is 0.735. The van der Waals surface area contributed by atoms with Crippen LogP contribution in [0.1, 0.15) is 38.3 Å². The molecule has 0 aromatic carbocycles. The number of imidazole rings is 1. The van der Waals surface area contributed by atoms with Crippen LogP contribution in [-0.2, 0) is 6.42 Å². The Balaban J connectivity index is 2.43. The summed E-state index contributed by atoms with van der Waals surface area (Å²) in [4.78, 5) is 11.8. The first-order chi connectivity index (χ1) is 10.1. The Hall–Kier alpha value is -1.13. The van der Waals surface area contributed by atoms with Crippen LogP contribution in [0.4, 0.5) is 0 Å². The highest BCUT2D eigenvalue weighted by Crippen LogP contribution is 2.21. The lowest BCUT2D eigenvalue weighted by molar-refractivity contribution is 0.261. The molecule has 5 heteroatoms. The first-order valence-corrected chi connectivity index (χ1v) is 8.26. The monoisotopic (exact) mass is 308 g/mol. The van der Waals surface area contributed by atoms with E-state index in [2.05, 4.69) is 36.3 Å². The SMILES string of the molecule is CCN(CC)CC(C)n1c(CCCl)nc2ccc(C)nc21. The smallest absolute Gasteiger partial charge is 0.160 e. The van der Waals surface area contributed by atoms with Crippen LogP contribution in [-0.4, -0.2) is 44.9 Å². The summed E-state index contributed by atoms with van der Waals surface area (Å²) in [6, 6.07) is 4.40. The van der Waals surface area contributed by atoms with Crippen LogP contribution in [0.3, 0.4) is 0 Å². The van der Waals surface area contributed by atoms with Gasteiger partial charge in [-0.3, -0.25) is 0 Å². The first kappa shape index (κ1) is 16.2. The molecule has 116 valence electrons. The highest BCUT2D eigenvalue weighted by molar-refractivity contribution is 6.17. The molecule has 2 heterocycles. The summed E-state index contributed by atoms with van der Waals surface area (Å²) in [6.07, 6.45) is 0.777. The molecule has 2 aromatic heterocycles. The van der Waals surface area contributed by atoms with Crippen molar-refractivity contribution in [2.75, 3.05) is 25.5 Å². The predicted molar refractivity (Wildman–Crippen MR) is 89.2 cm³/mol. The third-order valence-electron chi connectivity index (χ3n) is 3.93. The van der Waals surface area contributed by atoms with Crippen molar-refractivity contribution in [3.05, 3.63) is 23.7 Å². The van der Waals surface area contributed by atoms with Crippen LogP contribution >= 0.6 is 11.6 Å². The minimum absolute atomic E-state index is 0.336. The molecule has 2 rings (SSSR count). The fourth-order valence-corrected chi connectivity index (χ4v) is 2.95. The van der Waals surface area contributed by atoms with Crippen molar-refractivity contribution in [1.82, 2.24) is 19.4 Å². The molecule has 0 saturated heterocycles. The molecule has 0 bridgehead atoms. The molecule has 0 saturated carbocycles. The average Bonchev–Trinajstić information content (AvgIpc) is 2.82. The summed E-state index contributed by atoms with van der Waals surface area (Å²) in [7, 11) is 0. The molecule has 1 unspecified atom stereocenters. The van der Waals surface area contributed by atoms with Gasteiger partial charge in [0.1, 0.15) is 11.3 Å². The van der Waals surface area contributed by atoms with Crippen molar-refractivity contribution in [2.45, 2.75) is 40.2 Å². The number of fused-ring (bicyclic) bond motifs is 1. The number of alkyl halides is 1. The molecule has 0 spiro atoms. The van der Waals surface area contributed by atoms with Gasteiger partial charge in [-0.15, -0.1) is 11.6 Å². The number of nitrogens with zero attached hydrogens (tertiary/aromatic N) is 4. The minimum atomic E-state index is 0.336. The second-order valence-corrected chi connectivity index (χ2v) is 5.85. The van der Waals surface area contributed by atoms with Gasteiger partial charge in [-0.2, -0.15) is 0 Å². The normalized spacial score (nSPS) is 13.2. The largest absolute Gasteiger partial charge is 0.309 e. The van der Waals surface area contributed by atoms with Crippen LogP contribution < -0.4 is 0 Å². The number of rotatable bonds is 7. The van der Waals surface area contributed by atoms with Gasteiger partial charge in [0.25, 0.3) is 0 Å². The number of halogens is 1. The topological polar surface area (TPSA) is 34.0 Å². The van der Waals surface area contributed by atoms with Gasteiger partial charge in [0, 0.05) is 30.6 Å². The van der Waals surface area contributed by atoms with Crippen molar-refractivity contribution >= 4 is 22.8 Å². The van der Waals surface area contributed by atoms with Crippen molar-refractivity contribution in [2.24, 2.45) is 0 Å². The fourth-order valence-electron chi connectivity index (χ4n) is 2.78. The second-order valence-electron chi connectivity index (χ2n) is 5.47. The zero-order valence-corrected chi connectivity index (χ0v) is 14.2. The molecule has 0 amide bonds. The van der Waals surface area contributed by atoms with Crippen LogP contribution in [0, 0.1) is 6.92 Å². The van der Waals surface area contributed by atoms with Crippen LogP contribution in [0.2, 0.25) is 0 Å². The lowest BCUT2D eigenvalue weighted by Gasteiger charge is -2.25. The van der Waals surface area contributed by atoms with E-state index < -0.39 is 0 Å². The number of likely N-dealkylation sites (N-methyl/N-ethyl adjacent to an activating group) is 1. The van der Waals surface area contributed by atoms with E-state index >= 15 is 0 Å².